The lowest BCUT2D eigenvalue weighted by atomic mass is 9.94. The van der Waals surface area contributed by atoms with Gasteiger partial charge in [-0.15, -0.1) is 0 Å². The highest BCUT2D eigenvalue weighted by molar-refractivity contribution is 5.92. The van der Waals surface area contributed by atoms with Crippen LogP contribution in [-0.4, -0.2) is 55.9 Å². The zero-order chi connectivity index (χ0) is 23.1. The molecule has 3 amide bonds. The van der Waals surface area contributed by atoms with E-state index < -0.39 is 24.3 Å². The number of benzene rings is 2. The highest BCUT2D eigenvalue weighted by Gasteiger charge is 2.49. The molecule has 2 atom stereocenters. The summed E-state index contributed by atoms with van der Waals surface area (Å²) in [5.41, 5.74) is 6.61. The fourth-order valence-corrected chi connectivity index (χ4v) is 3.37. The molecule has 0 spiro atoms. The van der Waals surface area contributed by atoms with E-state index in [1.807, 2.05) is 30.3 Å². The maximum atomic E-state index is 12.8. The van der Waals surface area contributed by atoms with Gasteiger partial charge < -0.3 is 34.9 Å². The number of hydrogen-bond donors (Lipinski definition) is 2. The van der Waals surface area contributed by atoms with E-state index >= 15 is 0 Å². The predicted molar refractivity (Wildman–Crippen MR) is 113 cm³/mol. The number of carbonyl (C=O) groups is 3. The van der Waals surface area contributed by atoms with Crippen molar-refractivity contribution in [2.45, 2.75) is 25.2 Å². The number of amides is 3. The van der Waals surface area contributed by atoms with Gasteiger partial charge in [-0.1, -0.05) is 30.3 Å². The molecule has 2 aromatic rings. The Morgan fingerprint density at radius 1 is 1.06 bits per heavy atom. The zero-order valence-corrected chi connectivity index (χ0v) is 17.8. The molecule has 0 aliphatic carbocycles. The molecule has 0 aromatic heterocycles. The number of alkyl carbamates (subject to hydrolysis) is 1. The molecule has 0 bridgehead atoms. The summed E-state index contributed by atoms with van der Waals surface area (Å²) in [4.78, 5) is 37.6. The van der Waals surface area contributed by atoms with Gasteiger partial charge in [0.2, 0.25) is 5.91 Å². The van der Waals surface area contributed by atoms with E-state index in [1.165, 1.54) is 19.1 Å². The Balaban J connectivity index is 1.66. The Morgan fingerprint density at radius 2 is 1.81 bits per heavy atom. The summed E-state index contributed by atoms with van der Waals surface area (Å²) in [5, 5.41) is 2.54. The molecule has 1 saturated heterocycles. The zero-order valence-electron chi connectivity index (χ0n) is 17.8. The summed E-state index contributed by atoms with van der Waals surface area (Å²) in [6, 6.07) is 12.8. The van der Waals surface area contributed by atoms with Crippen LogP contribution in [0.25, 0.3) is 0 Å². The van der Waals surface area contributed by atoms with Crippen molar-refractivity contribution in [2.75, 3.05) is 20.8 Å². The van der Waals surface area contributed by atoms with E-state index in [0.29, 0.717) is 11.5 Å². The van der Waals surface area contributed by atoms with E-state index in [1.54, 1.807) is 18.2 Å². The molecule has 1 aliphatic rings. The monoisotopic (exact) mass is 443 g/mol. The van der Waals surface area contributed by atoms with Crippen molar-refractivity contribution in [3.63, 3.8) is 0 Å². The number of methoxy groups -OCH3 is 2. The van der Waals surface area contributed by atoms with E-state index in [2.05, 4.69) is 5.32 Å². The lowest BCUT2D eigenvalue weighted by Gasteiger charge is -2.46. The van der Waals surface area contributed by atoms with E-state index in [4.69, 9.17) is 24.7 Å². The van der Waals surface area contributed by atoms with Gasteiger partial charge in [0.05, 0.1) is 20.3 Å². The molecule has 0 radical (unpaired) electrons. The second-order valence-electron chi connectivity index (χ2n) is 7.03. The Bertz CT molecular complexity index is 967. The number of hydrogen-bond acceptors (Lipinski definition) is 7. The number of rotatable bonds is 9. The van der Waals surface area contributed by atoms with Crippen LogP contribution in [0.2, 0.25) is 0 Å². The molecule has 170 valence electrons. The molecule has 1 heterocycles. The van der Waals surface area contributed by atoms with Gasteiger partial charge in [0.25, 0.3) is 0 Å². The molecular weight excluding hydrogens is 418 g/mol. The van der Waals surface area contributed by atoms with Crippen LogP contribution in [0.3, 0.4) is 0 Å². The van der Waals surface area contributed by atoms with Crippen LogP contribution < -0.4 is 20.5 Å². The summed E-state index contributed by atoms with van der Waals surface area (Å²) in [6.07, 6.45) is -1.73. The lowest BCUT2D eigenvalue weighted by molar-refractivity contribution is -0.154. The van der Waals surface area contributed by atoms with Gasteiger partial charge in [-0.25, -0.2) is 9.59 Å². The Hall–Kier alpha value is -3.95. The molecular formula is C22H25N3O7. The second kappa shape index (κ2) is 10.4. The van der Waals surface area contributed by atoms with Gasteiger partial charge in [0.15, 0.2) is 0 Å². The quantitative estimate of drug-likeness (QED) is 0.565. The molecule has 3 N–H and O–H groups in total. The van der Waals surface area contributed by atoms with Crippen molar-refractivity contribution in [1.29, 1.82) is 0 Å². The number of nitrogens with one attached hydrogen (secondary N) is 1. The first-order valence-corrected chi connectivity index (χ1v) is 9.83. The predicted octanol–water partition coefficient (Wildman–Crippen LogP) is 1.80. The van der Waals surface area contributed by atoms with Crippen molar-refractivity contribution >= 4 is 18.1 Å². The number of β-lactam (4-membered cyclic amide) rings is 1. The average Bonchev–Trinajstić information content (AvgIpc) is 2.81. The van der Waals surface area contributed by atoms with Gasteiger partial charge >= 0.3 is 12.2 Å². The van der Waals surface area contributed by atoms with Crippen LogP contribution in [0, 0.1) is 0 Å². The maximum absolute atomic E-state index is 12.8. The normalized spacial score (nSPS) is 17.2. The second-order valence-corrected chi connectivity index (χ2v) is 7.03. The van der Waals surface area contributed by atoms with Crippen LogP contribution in [-0.2, 0) is 27.4 Å². The topological polar surface area (TPSA) is 129 Å². The van der Waals surface area contributed by atoms with Crippen LogP contribution in [0.4, 0.5) is 9.59 Å². The molecule has 2 unspecified atom stereocenters. The van der Waals surface area contributed by atoms with Crippen molar-refractivity contribution < 1.29 is 33.3 Å². The number of ether oxygens (including phenoxy) is 4. The van der Waals surface area contributed by atoms with E-state index in [0.717, 1.165) is 11.1 Å². The lowest BCUT2D eigenvalue weighted by Crippen LogP contribution is -2.71. The number of likely N-dealkylation sites (tertiary alicyclic amines) is 1. The van der Waals surface area contributed by atoms with Crippen LogP contribution >= 0.6 is 0 Å². The Labute approximate surface area is 185 Å². The summed E-state index contributed by atoms with van der Waals surface area (Å²) in [6.45, 7) is 0.0575. The largest absolute Gasteiger partial charge is 0.497 e. The SMILES string of the molecule is COc1ccc(CN2C(=O)C(NC(=O)OCc3ccccc3)C2COC(N)=O)c(OC)c1. The maximum Gasteiger partial charge on any atom is 0.408 e. The minimum Gasteiger partial charge on any atom is -0.497 e. The van der Waals surface area contributed by atoms with Gasteiger partial charge in [-0.2, -0.15) is 0 Å². The first-order chi connectivity index (χ1) is 15.4. The van der Waals surface area contributed by atoms with E-state index in [-0.39, 0.29) is 25.7 Å². The minimum atomic E-state index is -0.975. The summed E-state index contributed by atoms with van der Waals surface area (Å²) < 4.78 is 20.6. The summed E-state index contributed by atoms with van der Waals surface area (Å²) in [5.74, 6) is 0.790. The molecule has 0 saturated carbocycles. The molecule has 10 nitrogen and oxygen atoms in total. The molecule has 1 fully saturated rings. The smallest absolute Gasteiger partial charge is 0.408 e. The molecule has 3 rings (SSSR count). The third-order valence-electron chi connectivity index (χ3n) is 5.05. The molecule has 10 heteroatoms. The van der Waals surface area contributed by atoms with Gasteiger partial charge in [-0.3, -0.25) is 4.79 Å². The van der Waals surface area contributed by atoms with Crippen LogP contribution in [0.5, 0.6) is 11.5 Å². The van der Waals surface area contributed by atoms with Crippen LogP contribution in [0.1, 0.15) is 11.1 Å². The summed E-state index contributed by atoms with van der Waals surface area (Å²) >= 11 is 0. The number of nitrogens with two attached hydrogens (primary N) is 1. The Morgan fingerprint density at radius 3 is 2.47 bits per heavy atom. The van der Waals surface area contributed by atoms with Crippen molar-refractivity contribution in [2.24, 2.45) is 5.73 Å². The summed E-state index contributed by atoms with van der Waals surface area (Å²) in [7, 11) is 3.05. The molecule has 32 heavy (non-hydrogen) atoms. The highest BCUT2D eigenvalue weighted by Crippen LogP contribution is 2.30. The number of nitrogens with zero attached hydrogens (tertiary/aromatic N) is 1. The number of carbonyl (C=O) groups excluding carboxylic acids is 3. The Kier molecular flexibility index (Phi) is 7.37. The van der Waals surface area contributed by atoms with Gasteiger partial charge in [-0.05, 0) is 17.7 Å². The third kappa shape index (κ3) is 5.39. The fraction of sp³-hybridized carbons (Fsp3) is 0.318. The average molecular weight is 443 g/mol. The van der Waals surface area contributed by atoms with E-state index in [9.17, 15) is 14.4 Å². The molecule has 2 aromatic carbocycles. The highest BCUT2D eigenvalue weighted by atomic mass is 16.6. The third-order valence-corrected chi connectivity index (χ3v) is 5.05. The van der Waals surface area contributed by atoms with Crippen molar-refractivity contribution in [3.8, 4) is 11.5 Å². The molecule has 1 aliphatic heterocycles. The van der Waals surface area contributed by atoms with Gasteiger partial charge in [0.1, 0.15) is 30.8 Å². The van der Waals surface area contributed by atoms with Crippen molar-refractivity contribution in [1.82, 2.24) is 10.2 Å². The first kappa shape index (κ1) is 22.7. The fourth-order valence-electron chi connectivity index (χ4n) is 3.37. The van der Waals surface area contributed by atoms with Crippen LogP contribution in [0.15, 0.2) is 48.5 Å². The van der Waals surface area contributed by atoms with Gasteiger partial charge in [0, 0.05) is 18.2 Å². The first-order valence-electron chi connectivity index (χ1n) is 9.83. The van der Waals surface area contributed by atoms with Crippen molar-refractivity contribution in [3.05, 3.63) is 59.7 Å². The minimum absolute atomic E-state index is 0.0583. The number of primary amides is 1. The standard InChI is InChI=1S/C22H25N3O7/c1-29-16-9-8-15(18(10-16)30-2)11-25-17(13-31-21(23)27)19(20(25)26)24-22(28)32-12-14-6-4-3-5-7-14/h3-10,17,19H,11-13H2,1-2H3,(H2,23,27)(H,24,28).